The number of piperidine rings is 1. The first-order valence-corrected chi connectivity index (χ1v) is 17.2. The standard InChI is InChI=1S/C39H43N3O5S/c1-6-46-36(44)26-34-25-33(40-42(34)37(45)47-38(3,4)5)24-29-27-41(23-22-35(29)48-28(2)43)39(30-16-10-7-11-17-30,31-18-12-8-13-19-31)32-20-14-9-15-21-32/h7-21,24-25,35H,6,22-23,26-27H2,1-5H3. The molecule has 2 heterocycles. The largest absolute Gasteiger partial charge is 0.466 e. The van der Waals surface area contributed by atoms with Gasteiger partial charge in [-0.05, 0) is 68.5 Å². The Kier molecular flexibility index (Phi) is 11.0. The zero-order valence-corrected chi connectivity index (χ0v) is 29.0. The molecule has 1 aromatic heterocycles. The van der Waals surface area contributed by atoms with Crippen LogP contribution in [0.2, 0.25) is 0 Å². The minimum atomic E-state index is -0.758. The van der Waals surface area contributed by atoms with E-state index in [1.165, 1.54) is 11.8 Å². The minimum absolute atomic E-state index is 0.0297. The summed E-state index contributed by atoms with van der Waals surface area (Å²) in [6.45, 7) is 10.1. The second-order valence-corrected chi connectivity index (χ2v) is 14.2. The third kappa shape index (κ3) is 7.97. The summed E-state index contributed by atoms with van der Waals surface area (Å²) in [6.07, 6.45) is 1.85. The van der Waals surface area contributed by atoms with E-state index in [4.69, 9.17) is 9.47 Å². The van der Waals surface area contributed by atoms with Crippen LogP contribution in [0.5, 0.6) is 0 Å². The fraction of sp³-hybridized carbons (Fsp3) is 0.333. The van der Waals surface area contributed by atoms with Crippen LogP contribution in [0.15, 0.2) is 103 Å². The normalized spacial score (nSPS) is 16.4. The maximum Gasteiger partial charge on any atom is 0.435 e. The Morgan fingerprint density at radius 1 is 0.896 bits per heavy atom. The number of thioether (sulfide) groups is 1. The van der Waals surface area contributed by atoms with Crippen LogP contribution < -0.4 is 0 Å². The lowest BCUT2D eigenvalue weighted by molar-refractivity contribution is -0.142. The Bertz CT molecular complexity index is 1650. The Morgan fingerprint density at radius 2 is 1.44 bits per heavy atom. The first-order valence-electron chi connectivity index (χ1n) is 16.3. The first-order chi connectivity index (χ1) is 23.0. The number of esters is 1. The molecule has 1 saturated heterocycles. The number of hydrogen-bond donors (Lipinski definition) is 0. The van der Waals surface area contributed by atoms with Gasteiger partial charge < -0.3 is 9.47 Å². The average Bonchev–Trinajstić information content (AvgIpc) is 3.45. The van der Waals surface area contributed by atoms with Gasteiger partial charge in [0.25, 0.3) is 0 Å². The number of benzene rings is 3. The van der Waals surface area contributed by atoms with Gasteiger partial charge >= 0.3 is 12.1 Å². The van der Waals surface area contributed by atoms with Crippen LogP contribution in [-0.4, -0.2) is 62.4 Å². The van der Waals surface area contributed by atoms with Crippen molar-refractivity contribution in [3.63, 3.8) is 0 Å². The summed E-state index contributed by atoms with van der Waals surface area (Å²) >= 11 is 1.31. The Hall–Kier alpha value is -4.47. The van der Waals surface area contributed by atoms with E-state index in [-0.39, 0.29) is 23.4 Å². The second-order valence-electron chi connectivity index (χ2n) is 12.8. The summed E-state index contributed by atoms with van der Waals surface area (Å²) in [5.74, 6) is -0.464. The Balaban J connectivity index is 1.65. The molecule has 1 aliphatic heterocycles. The zero-order valence-electron chi connectivity index (χ0n) is 28.2. The molecule has 0 saturated carbocycles. The van der Waals surface area contributed by atoms with Crippen LogP contribution in [-0.2, 0) is 31.0 Å². The molecule has 250 valence electrons. The molecule has 4 aromatic rings. The molecule has 5 rings (SSSR count). The van der Waals surface area contributed by atoms with Gasteiger partial charge in [-0.25, -0.2) is 4.79 Å². The van der Waals surface area contributed by atoms with Crippen molar-refractivity contribution in [1.29, 1.82) is 0 Å². The lowest BCUT2D eigenvalue weighted by atomic mass is 9.74. The highest BCUT2D eigenvalue weighted by Gasteiger charge is 2.44. The van der Waals surface area contributed by atoms with Gasteiger partial charge in [0.15, 0.2) is 5.12 Å². The summed E-state index contributed by atoms with van der Waals surface area (Å²) in [5.41, 5.74) is 3.85. The van der Waals surface area contributed by atoms with Crippen LogP contribution in [0.4, 0.5) is 4.79 Å². The van der Waals surface area contributed by atoms with Crippen molar-refractivity contribution in [3.8, 4) is 0 Å². The summed E-state index contributed by atoms with van der Waals surface area (Å²) in [4.78, 5) is 40.7. The number of carbonyl (C=O) groups is 3. The predicted molar refractivity (Wildman–Crippen MR) is 190 cm³/mol. The molecule has 3 aromatic carbocycles. The quantitative estimate of drug-likeness (QED) is 0.134. The van der Waals surface area contributed by atoms with Crippen molar-refractivity contribution in [2.24, 2.45) is 0 Å². The van der Waals surface area contributed by atoms with Crippen molar-refractivity contribution >= 4 is 35.0 Å². The van der Waals surface area contributed by atoms with E-state index < -0.39 is 23.2 Å². The fourth-order valence-electron chi connectivity index (χ4n) is 6.36. The lowest BCUT2D eigenvalue weighted by Crippen LogP contribution is -2.52. The predicted octanol–water partition coefficient (Wildman–Crippen LogP) is 7.50. The van der Waals surface area contributed by atoms with E-state index in [1.807, 2.05) is 24.3 Å². The van der Waals surface area contributed by atoms with Crippen LogP contribution >= 0.6 is 11.8 Å². The molecule has 48 heavy (non-hydrogen) atoms. The highest BCUT2D eigenvalue weighted by Crippen LogP contribution is 2.45. The van der Waals surface area contributed by atoms with E-state index in [0.29, 0.717) is 24.4 Å². The average molecular weight is 666 g/mol. The SMILES string of the molecule is CCOC(=O)Cc1cc(C=C2CN(C(c3ccccc3)(c3ccccc3)c3ccccc3)CCC2SC(C)=O)nn1C(=O)OC(C)(C)C. The van der Waals surface area contributed by atoms with Gasteiger partial charge in [0.2, 0.25) is 0 Å². The molecule has 0 aliphatic carbocycles. The topological polar surface area (TPSA) is 90.7 Å². The molecular formula is C39H43N3O5S. The zero-order chi connectivity index (χ0) is 34.3. The highest BCUT2D eigenvalue weighted by molar-refractivity contribution is 8.14. The maximum atomic E-state index is 13.2. The van der Waals surface area contributed by atoms with Gasteiger partial charge in [0.05, 0.1) is 30.0 Å². The van der Waals surface area contributed by atoms with Crippen molar-refractivity contribution in [2.45, 2.75) is 63.9 Å². The maximum absolute atomic E-state index is 13.2. The van der Waals surface area contributed by atoms with E-state index in [9.17, 15) is 14.4 Å². The van der Waals surface area contributed by atoms with Gasteiger partial charge in [-0.1, -0.05) is 103 Å². The molecule has 8 nitrogen and oxygen atoms in total. The molecule has 1 aliphatic rings. The fourth-order valence-corrected chi connectivity index (χ4v) is 7.27. The molecular weight excluding hydrogens is 623 g/mol. The van der Waals surface area contributed by atoms with Gasteiger partial charge in [0, 0.05) is 25.3 Å². The van der Waals surface area contributed by atoms with E-state index in [2.05, 4.69) is 82.8 Å². The molecule has 1 fully saturated rings. The molecule has 1 atom stereocenters. The Morgan fingerprint density at radius 3 is 1.92 bits per heavy atom. The third-order valence-electron chi connectivity index (χ3n) is 8.14. The summed E-state index contributed by atoms with van der Waals surface area (Å²) in [5, 5.41) is 4.55. The molecule has 0 spiro atoms. The number of likely N-dealkylation sites (tertiary alicyclic amines) is 1. The number of ether oxygens (including phenoxy) is 2. The van der Waals surface area contributed by atoms with Gasteiger partial charge in [0.1, 0.15) is 5.60 Å². The van der Waals surface area contributed by atoms with Gasteiger partial charge in [-0.15, -0.1) is 0 Å². The number of hydrogen-bond acceptors (Lipinski definition) is 8. The highest BCUT2D eigenvalue weighted by atomic mass is 32.2. The van der Waals surface area contributed by atoms with Crippen LogP contribution in [0.1, 0.15) is 69.1 Å². The summed E-state index contributed by atoms with van der Waals surface area (Å²) in [6, 6.07) is 33.2. The second kappa shape index (κ2) is 15.2. The number of aromatic nitrogens is 2. The van der Waals surface area contributed by atoms with Gasteiger partial charge in [-0.2, -0.15) is 9.78 Å². The van der Waals surface area contributed by atoms with Gasteiger partial charge in [-0.3, -0.25) is 14.5 Å². The van der Waals surface area contributed by atoms with E-state index in [1.54, 1.807) is 40.7 Å². The summed E-state index contributed by atoms with van der Waals surface area (Å²) in [7, 11) is 0. The lowest BCUT2D eigenvalue weighted by Gasteiger charge is -2.49. The summed E-state index contributed by atoms with van der Waals surface area (Å²) < 4.78 is 12.0. The van der Waals surface area contributed by atoms with E-state index >= 15 is 0 Å². The molecule has 0 amide bonds. The number of nitrogens with zero attached hydrogens (tertiary/aromatic N) is 3. The van der Waals surface area contributed by atoms with Crippen LogP contribution in [0.25, 0.3) is 6.08 Å². The van der Waals surface area contributed by atoms with E-state index in [0.717, 1.165) is 33.5 Å². The monoisotopic (exact) mass is 665 g/mol. The molecule has 0 radical (unpaired) electrons. The third-order valence-corrected chi connectivity index (χ3v) is 9.29. The van der Waals surface area contributed by atoms with Crippen LogP contribution in [0.3, 0.4) is 0 Å². The molecule has 0 N–H and O–H groups in total. The van der Waals surface area contributed by atoms with Crippen molar-refractivity contribution in [3.05, 3.63) is 131 Å². The first kappa shape index (κ1) is 34.9. The van der Waals surface area contributed by atoms with Crippen molar-refractivity contribution in [1.82, 2.24) is 14.7 Å². The number of rotatable bonds is 9. The molecule has 0 bridgehead atoms. The Labute approximate surface area is 287 Å². The smallest absolute Gasteiger partial charge is 0.435 e. The van der Waals surface area contributed by atoms with Crippen molar-refractivity contribution in [2.75, 3.05) is 19.7 Å². The van der Waals surface area contributed by atoms with Crippen molar-refractivity contribution < 1.29 is 23.9 Å². The molecule has 9 heteroatoms. The van der Waals surface area contributed by atoms with Crippen LogP contribution in [0, 0.1) is 0 Å². The number of carbonyl (C=O) groups excluding carboxylic acids is 3. The molecule has 1 unspecified atom stereocenters. The minimum Gasteiger partial charge on any atom is -0.466 e.